The number of hydrogen-bond donors (Lipinski definition) is 0. The van der Waals surface area contributed by atoms with Crippen molar-refractivity contribution in [1.82, 2.24) is 0 Å². The lowest BCUT2D eigenvalue weighted by molar-refractivity contribution is -0.00460. The molecule has 0 radical (unpaired) electrons. The van der Waals surface area contributed by atoms with Gasteiger partial charge in [-0.15, -0.1) is 0 Å². The van der Waals surface area contributed by atoms with E-state index in [1.54, 1.807) is 0 Å². The predicted octanol–water partition coefficient (Wildman–Crippen LogP) is 3.72. The molecule has 0 spiro atoms. The number of fused-ring (bicyclic) bond motifs is 1. The Morgan fingerprint density at radius 3 is 2.63 bits per heavy atom. The predicted molar refractivity (Wildman–Crippen MR) is 84.6 cm³/mol. The Bertz CT molecular complexity index is 583. The van der Waals surface area contributed by atoms with E-state index < -0.39 is 8.07 Å². The van der Waals surface area contributed by atoms with Crippen LogP contribution in [0.3, 0.4) is 0 Å². The molecule has 0 fully saturated rings. The normalized spacial score (nSPS) is 17.9. The second-order valence-electron chi connectivity index (χ2n) is 5.82. The first kappa shape index (κ1) is 14.1. The standard InChI is InChI=1S/C14H18ClN3Si/c1-18-12-7-5-6-11(15)10(12)8-9-13(18)14(17-16)19(2,3)4/h5-9,13H,1-4H3. The first-order valence-corrected chi connectivity index (χ1v) is 10.2. The molecule has 0 saturated carbocycles. The number of anilines is 1. The summed E-state index contributed by atoms with van der Waals surface area (Å²) >= 11 is 6.21. The molecule has 0 amide bonds. The van der Waals surface area contributed by atoms with Crippen molar-refractivity contribution in [3.63, 3.8) is 0 Å². The van der Waals surface area contributed by atoms with Gasteiger partial charge in [0.1, 0.15) is 6.04 Å². The lowest BCUT2D eigenvalue weighted by Gasteiger charge is -2.32. The van der Waals surface area contributed by atoms with Crippen molar-refractivity contribution in [2.24, 2.45) is 0 Å². The third kappa shape index (κ3) is 2.52. The molecule has 0 aromatic heterocycles. The zero-order chi connectivity index (χ0) is 14.2. The molecule has 1 aliphatic heterocycles. The summed E-state index contributed by atoms with van der Waals surface area (Å²) in [6.07, 6.45) is 4.08. The number of nitrogens with zero attached hydrogens (tertiary/aromatic N) is 3. The Balaban J connectivity index is 2.49. The Hall–Kier alpha value is -1.35. The number of benzene rings is 1. The Morgan fingerprint density at radius 1 is 1.37 bits per heavy atom. The van der Waals surface area contributed by atoms with Crippen LogP contribution in [-0.4, -0.2) is 31.3 Å². The number of halogens is 1. The molecule has 0 aliphatic carbocycles. The first-order valence-electron chi connectivity index (χ1n) is 6.28. The monoisotopic (exact) mass is 291 g/mol. The molecule has 1 unspecified atom stereocenters. The van der Waals surface area contributed by atoms with Crippen LogP contribution in [0.15, 0.2) is 24.3 Å². The van der Waals surface area contributed by atoms with E-state index in [0.717, 1.165) is 21.6 Å². The fraction of sp³-hybridized carbons (Fsp3) is 0.357. The van der Waals surface area contributed by atoms with E-state index in [1.807, 2.05) is 31.3 Å². The molecule has 5 heteroatoms. The van der Waals surface area contributed by atoms with Gasteiger partial charge in [0.2, 0.25) is 0 Å². The van der Waals surface area contributed by atoms with E-state index in [-0.39, 0.29) is 6.04 Å². The van der Waals surface area contributed by atoms with E-state index in [9.17, 15) is 5.53 Å². The van der Waals surface area contributed by atoms with E-state index in [4.69, 9.17) is 11.6 Å². The van der Waals surface area contributed by atoms with Crippen LogP contribution >= 0.6 is 11.6 Å². The molecule has 1 aliphatic rings. The summed E-state index contributed by atoms with van der Waals surface area (Å²) in [6, 6.07) is 5.87. The molecular weight excluding hydrogens is 274 g/mol. The highest BCUT2D eigenvalue weighted by atomic mass is 35.5. The maximum absolute atomic E-state index is 9.37. The zero-order valence-corrected chi connectivity index (χ0v) is 13.4. The molecule has 3 nitrogen and oxygen atoms in total. The van der Waals surface area contributed by atoms with Crippen molar-refractivity contribution in [3.8, 4) is 0 Å². The molecule has 19 heavy (non-hydrogen) atoms. The summed E-state index contributed by atoms with van der Waals surface area (Å²) < 4.78 is 0. The molecule has 1 aromatic rings. The SMILES string of the molecule is CN1c2cccc(Cl)c2C=CC1C(=[N+]=[N-])[Si](C)(C)C. The van der Waals surface area contributed by atoms with Gasteiger partial charge in [-0.25, -0.2) is 0 Å². The molecule has 1 atom stereocenters. The zero-order valence-electron chi connectivity index (χ0n) is 11.7. The minimum Gasteiger partial charge on any atom is -0.362 e. The van der Waals surface area contributed by atoms with Gasteiger partial charge in [0.05, 0.1) is 0 Å². The maximum atomic E-state index is 9.37. The van der Waals surface area contributed by atoms with E-state index in [2.05, 4.69) is 35.4 Å². The first-order chi connectivity index (χ1) is 8.86. The minimum absolute atomic E-state index is 0.00244. The summed E-state index contributed by atoms with van der Waals surface area (Å²) in [5.74, 6) is 0. The van der Waals surface area contributed by atoms with Crippen LogP contribution in [0, 0.1) is 0 Å². The minimum atomic E-state index is -1.68. The summed E-state index contributed by atoms with van der Waals surface area (Å²) in [5, 5.41) is 1.62. The van der Waals surface area contributed by atoms with Gasteiger partial charge in [0.25, 0.3) is 5.33 Å². The van der Waals surface area contributed by atoms with Crippen molar-refractivity contribution in [2.45, 2.75) is 25.7 Å². The van der Waals surface area contributed by atoms with Crippen molar-refractivity contribution < 1.29 is 4.79 Å². The Kier molecular flexibility index (Phi) is 3.68. The van der Waals surface area contributed by atoms with E-state index in [1.165, 1.54) is 0 Å². The van der Waals surface area contributed by atoms with Crippen LogP contribution in [0.4, 0.5) is 5.69 Å². The highest BCUT2D eigenvalue weighted by Gasteiger charge is 2.39. The fourth-order valence-electron chi connectivity index (χ4n) is 2.39. The second-order valence-corrected chi connectivity index (χ2v) is 11.2. The highest BCUT2D eigenvalue weighted by Crippen LogP contribution is 2.33. The van der Waals surface area contributed by atoms with E-state index in [0.29, 0.717) is 0 Å². The van der Waals surface area contributed by atoms with Gasteiger partial charge in [0.15, 0.2) is 8.07 Å². The maximum Gasteiger partial charge on any atom is 0.262 e. The quantitative estimate of drug-likeness (QED) is 0.354. The summed E-state index contributed by atoms with van der Waals surface area (Å²) in [6.45, 7) is 6.53. The third-order valence-corrected chi connectivity index (χ3v) is 5.69. The molecular formula is C14H18ClN3Si. The number of hydrogen-bond acceptors (Lipinski definition) is 1. The number of likely N-dealkylation sites (N-methyl/N-ethyl adjacent to an activating group) is 1. The van der Waals surface area contributed by atoms with Crippen LogP contribution in [0.25, 0.3) is 11.6 Å². The largest absolute Gasteiger partial charge is 0.362 e. The van der Waals surface area contributed by atoms with Gasteiger partial charge < -0.3 is 10.4 Å². The average Bonchev–Trinajstić information content (AvgIpc) is 2.32. The van der Waals surface area contributed by atoms with Crippen LogP contribution in [-0.2, 0) is 0 Å². The fourth-order valence-corrected chi connectivity index (χ4v) is 4.10. The van der Waals surface area contributed by atoms with Gasteiger partial charge in [-0.3, -0.25) is 0 Å². The van der Waals surface area contributed by atoms with Crippen LogP contribution < -0.4 is 4.90 Å². The van der Waals surface area contributed by atoms with Crippen molar-refractivity contribution in [3.05, 3.63) is 40.4 Å². The van der Waals surface area contributed by atoms with Gasteiger partial charge in [-0.1, -0.05) is 49.5 Å². The molecule has 1 heterocycles. The van der Waals surface area contributed by atoms with Crippen LogP contribution in [0.2, 0.25) is 24.7 Å². The molecule has 100 valence electrons. The molecule has 0 N–H and O–H groups in total. The second kappa shape index (κ2) is 4.97. The average molecular weight is 292 g/mol. The molecule has 0 saturated heterocycles. The van der Waals surface area contributed by atoms with Crippen molar-refractivity contribution in [2.75, 3.05) is 11.9 Å². The van der Waals surface area contributed by atoms with Crippen LogP contribution in [0.5, 0.6) is 0 Å². The molecule has 0 bridgehead atoms. The van der Waals surface area contributed by atoms with E-state index >= 15 is 0 Å². The van der Waals surface area contributed by atoms with Crippen molar-refractivity contribution in [1.29, 1.82) is 0 Å². The Labute approximate surface area is 120 Å². The van der Waals surface area contributed by atoms with Crippen LogP contribution in [0.1, 0.15) is 5.56 Å². The topological polar surface area (TPSA) is 39.6 Å². The van der Waals surface area contributed by atoms with Gasteiger partial charge in [-0.2, -0.15) is 4.79 Å². The molecule has 1 aromatic carbocycles. The summed E-state index contributed by atoms with van der Waals surface area (Å²) in [7, 11) is 0.332. The summed E-state index contributed by atoms with van der Waals surface area (Å²) in [4.78, 5) is 5.70. The lowest BCUT2D eigenvalue weighted by atomic mass is 10.0. The Morgan fingerprint density at radius 2 is 2.05 bits per heavy atom. The summed E-state index contributed by atoms with van der Waals surface area (Å²) in [5.41, 5.74) is 11.5. The van der Waals surface area contributed by atoms with Crippen molar-refractivity contribution >= 4 is 36.8 Å². The third-order valence-electron chi connectivity index (χ3n) is 3.43. The van der Waals surface area contributed by atoms with Gasteiger partial charge in [-0.05, 0) is 12.1 Å². The number of rotatable bonds is 2. The smallest absolute Gasteiger partial charge is 0.262 e. The molecule has 2 rings (SSSR count). The van der Waals surface area contributed by atoms with Gasteiger partial charge >= 0.3 is 0 Å². The highest BCUT2D eigenvalue weighted by molar-refractivity contribution is 7.04. The lowest BCUT2D eigenvalue weighted by Crippen LogP contribution is -2.50. The van der Waals surface area contributed by atoms with Gasteiger partial charge in [0, 0.05) is 23.3 Å².